The van der Waals surface area contributed by atoms with Crippen molar-refractivity contribution in [3.63, 3.8) is 0 Å². The number of alkyl carbamates (subject to hydrolysis) is 1. The Bertz CT molecular complexity index is 501. The number of ether oxygens (including phenoxy) is 1. The summed E-state index contributed by atoms with van der Waals surface area (Å²) in [4.78, 5) is 14.1. The number of piperidine rings is 1. The molecule has 22 heavy (non-hydrogen) atoms. The van der Waals surface area contributed by atoms with Crippen LogP contribution in [0.1, 0.15) is 39.3 Å². The van der Waals surface area contributed by atoms with E-state index in [0.717, 1.165) is 31.6 Å². The Kier molecular flexibility index (Phi) is 5.58. The molecule has 0 saturated carbocycles. The van der Waals surface area contributed by atoms with E-state index in [4.69, 9.17) is 16.3 Å². The van der Waals surface area contributed by atoms with Crippen LogP contribution in [0.3, 0.4) is 0 Å². The predicted octanol–water partition coefficient (Wildman–Crippen LogP) is 2.62. The van der Waals surface area contributed by atoms with Crippen LogP contribution in [0.4, 0.5) is 4.79 Å². The highest BCUT2D eigenvalue weighted by atomic mass is 35.5. The summed E-state index contributed by atoms with van der Waals surface area (Å²) in [5.41, 5.74) is 0.402. The number of rotatable bonds is 3. The summed E-state index contributed by atoms with van der Waals surface area (Å²) in [6.07, 6.45) is 1.63. The van der Waals surface area contributed by atoms with Crippen LogP contribution in [-0.4, -0.2) is 45.9 Å². The summed E-state index contributed by atoms with van der Waals surface area (Å²) in [7, 11) is 0. The van der Waals surface area contributed by atoms with Crippen molar-refractivity contribution in [2.75, 3.05) is 13.1 Å². The van der Waals surface area contributed by atoms with E-state index < -0.39 is 5.60 Å². The minimum atomic E-state index is -0.475. The maximum absolute atomic E-state index is 11.8. The summed E-state index contributed by atoms with van der Waals surface area (Å²) in [5, 5.41) is 11.3. The lowest BCUT2D eigenvalue weighted by Gasteiger charge is -2.33. The lowest BCUT2D eigenvalue weighted by atomic mass is 10.1. The zero-order valence-corrected chi connectivity index (χ0v) is 14.1. The van der Waals surface area contributed by atoms with Gasteiger partial charge in [0.05, 0.1) is 5.69 Å². The number of likely N-dealkylation sites (tertiary alicyclic amines) is 1. The van der Waals surface area contributed by atoms with Gasteiger partial charge in [0.25, 0.3) is 0 Å². The number of carbonyl (C=O) groups excluding carboxylic acids is 1. The number of amides is 1. The number of carbonyl (C=O) groups is 1. The molecule has 1 aliphatic rings. The third-order valence-corrected chi connectivity index (χ3v) is 3.50. The van der Waals surface area contributed by atoms with E-state index in [2.05, 4.69) is 20.4 Å². The fraction of sp³-hybridized carbons (Fsp3) is 0.667. The standard InChI is InChI=1S/C15H23ClN4O2/c1-15(2,3)22-14(21)17-11-5-4-8-20(9-11)10-12-6-7-13(16)19-18-12/h6-7,11H,4-5,8-10H2,1-3H3,(H,17,21). The Morgan fingerprint density at radius 3 is 2.86 bits per heavy atom. The third-order valence-electron chi connectivity index (χ3n) is 3.30. The van der Waals surface area contributed by atoms with E-state index in [9.17, 15) is 4.79 Å². The molecule has 2 rings (SSSR count). The molecule has 0 spiro atoms. The van der Waals surface area contributed by atoms with Gasteiger partial charge in [-0.3, -0.25) is 4.90 Å². The predicted molar refractivity (Wildman–Crippen MR) is 84.7 cm³/mol. The molecule has 1 saturated heterocycles. The zero-order chi connectivity index (χ0) is 16.2. The van der Waals surface area contributed by atoms with Gasteiger partial charge in [-0.05, 0) is 52.3 Å². The monoisotopic (exact) mass is 326 g/mol. The van der Waals surface area contributed by atoms with Crippen molar-refractivity contribution in [3.8, 4) is 0 Å². The van der Waals surface area contributed by atoms with Crippen LogP contribution < -0.4 is 5.32 Å². The highest BCUT2D eigenvalue weighted by Gasteiger charge is 2.24. The summed E-state index contributed by atoms with van der Waals surface area (Å²) >= 11 is 5.74. The minimum Gasteiger partial charge on any atom is -0.444 e. The smallest absolute Gasteiger partial charge is 0.407 e. The molecule has 0 aromatic carbocycles. The second-order valence-electron chi connectivity index (χ2n) is 6.57. The molecule has 1 N–H and O–H groups in total. The van der Waals surface area contributed by atoms with Gasteiger partial charge in [0.2, 0.25) is 0 Å². The highest BCUT2D eigenvalue weighted by molar-refractivity contribution is 6.29. The maximum Gasteiger partial charge on any atom is 0.407 e. The molecule has 1 aromatic heterocycles. The van der Waals surface area contributed by atoms with Gasteiger partial charge in [-0.1, -0.05) is 11.6 Å². The number of halogens is 1. The van der Waals surface area contributed by atoms with Gasteiger partial charge in [0.1, 0.15) is 5.60 Å². The quantitative estimate of drug-likeness (QED) is 0.924. The fourth-order valence-corrected chi connectivity index (χ4v) is 2.55. The molecule has 0 aliphatic carbocycles. The van der Waals surface area contributed by atoms with Crippen LogP contribution in [0.2, 0.25) is 5.15 Å². The van der Waals surface area contributed by atoms with Crippen molar-refractivity contribution in [1.29, 1.82) is 0 Å². The van der Waals surface area contributed by atoms with E-state index in [1.807, 2.05) is 26.8 Å². The summed E-state index contributed by atoms with van der Waals surface area (Å²) in [5.74, 6) is 0. The van der Waals surface area contributed by atoms with Gasteiger partial charge in [0.15, 0.2) is 5.15 Å². The summed E-state index contributed by atoms with van der Waals surface area (Å²) in [6, 6.07) is 3.72. The van der Waals surface area contributed by atoms with Crippen LogP contribution in [0.5, 0.6) is 0 Å². The van der Waals surface area contributed by atoms with Gasteiger partial charge in [-0.15, -0.1) is 5.10 Å². The Labute approximate surface area is 136 Å². The zero-order valence-electron chi connectivity index (χ0n) is 13.3. The van der Waals surface area contributed by atoms with Crippen molar-refractivity contribution in [1.82, 2.24) is 20.4 Å². The number of nitrogens with zero attached hydrogens (tertiary/aromatic N) is 3. The average Bonchev–Trinajstić information content (AvgIpc) is 2.39. The van der Waals surface area contributed by atoms with Crippen LogP contribution in [0, 0.1) is 0 Å². The summed E-state index contributed by atoms with van der Waals surface area (Å²) in [6.45, 7) is 8.05. The van der Waals surface area contributed by atoms with Crippen LogP contribution >= 0.6 is 11.6 Å². The van der Waals surface area contributed by atoms with Gasteiger partial charge >= 0.3 is 6.09 Å². The molecule has 6 nitrogen and oxygen atoms in total. The second kappa shape index (κ2) is 7.24. The van der Waals surface area contributed by atoms with Crippen molar-refractivity contribution in [2.45, 2.75) is 51.8 Å². The molecular weight excluding hydrogens is 304 g/mol. The van der Waals surface area contributed by atoms with Gasteiger partial charge in [0, 0.05) is 19.1 Å². The lowest BCUT2D eigenvalue weighted by Crippen LogP contribution is -2.48. The first-order valence-electron chi connectivity index (χ1n) is 7.52. The molecule has 1 aromatic rings. The third kappa shape index (κ3) is 5.77. The number of aromatic nitrogens is 2. The minimum absolute atomic E-state index is 0.101. The Morgan fingerprint density at radius 2 is 2.23 bits per heavy atom. The largest absolute Gasteiger partial charge is 0.444 e. The molecule has 7 heteroatoms. The Balaban J connectivity index is 1.83. The summed E-state index contributed by atoms with van der Waals surface area (Å²) < 4.78 is 5.30. The topological polar surface area (TPSA) is 67.3 Å². The van der Waals surface area contributed by atoms with Gasteiger partial charge in [-0.2, -0.15) is 5.10 Å². The van der Waals surface area contributed by atoms with E-state index in [0.29, 0.717) is 11.7 Å². The average molecular weight is 327 g/mol. The van der Waals surface area contributed by atoms with Crippen LogP contribution in [0.25, 0.3) is 0 Å². The number of hydrogen-bond donors (Lipinski definition) is 1. The second-order valence-corrected chi connectivity index (χ2v) is 6.96. The van der Waals surface area contributed by atoms with Crippen LogP contribution in [0.15, 0.2) is 12.1 Å². The molecule has 0 radical (unpaired) electrons. The normalized spacial score (nSPS) is 19.7. The molecule has 1 aliphatic heterocycles. The number of nitrogens with one attached hydrogen (secondary N) is 1. The first-order valence-corrected chi connectivity index (χ1v) is 7.89. The molecule has 0 bridgehead atoms. The van der Waals surface area contributed by atoms with Crippen molar-refractivity contribution in [2.24, 2.45) is 0 Å². The first kappa shape index (κ1) is 17.0. The molecule has 1 unspecified atom stereocenters. The molecule has 1 fully saturated rings. The highest BCUT2D eigenvalue weighted by Crippen LogP contribution is 2.14. The first-order chi connectivity index (χ1) is 10.3. The Morgan fingerprint density at radius 1 is 1.45 bits per heavy atom. The number of hydrogen-bond acceptors (Lipinski definition) is 5. The van der Waals surface area contributed by atoms with E-state index >= 15 is 0 Å². The molecule has 1 atom stereocenters. The maximum atomic E-state index is 11.8. The van der Waals surface area contributed by atoms with Crippen molar-refractivity contribution < 1.29 is 9.53 Å². The molecular formula is C15H23ClN4O2. The molecule has 2 heterocycles. The van der Waals surface area contributed by atoms with Crippen LogP contribution in [-0.2, 0) is 11.3 Å². The fourth-order valence-electron chi connectivity index (χ4n) is 2.45. The van der Waals surface area contributed by atoms with Crippen molar-refractivity contribution in [3.05, 3.63) is 23.0 Å². The molecule has 122 valence electrons. The van der Waals surface area contributed by atoms with E-state index in [1.165, 1.54) is 0 Å². The van der Waals surface area contributed by atoms with E-state index in [1.54, 1.807) is 6.07 Å². The van der Waals surface area contributed by atoms with Gasteiger partial charge < -0.3 is 10.1 Å². The van der Waals surface area contributed by atoms with Crippen molar-refractivity contribution >= 4 is 17.7 Å². The molecule has 1 amide bonds. The SMILES string of the molecule is CC(C)(C)OC(=O)NC1CCCN(Cc2ccc(Cl)nn2)C1. The Hall–Kier alpha value is -1.40. The van der Waals surface area contributed by atoms with Gasteiger partial charge in [-0.25, -0.2) is 4.79 Å². The lowest BCUT2D eigenvalue weighted by molar-refractivity contribution is 0.0470. The van der Waals surface area contributed by atoms with E-state index in [-0.39, 0.29) is 12.1 Å².